The number of imide groups is 1. The molecular weight excluding hydrogens is 372 g/mol. The van der Waals surface area contributed by atoms with Crippen LogP contribution >= 0.6 is 0 Å². The number of ether oxygens (including phenoxy) is 1. The molecule has 1 aromatic carbocycles. The van der Waals surface area contributed by atoms with E-state index in [1.165, 1.54) is 0 Å². The van der Waals surface area contributed by atoms with Gasteiger partial charge in [-0.3, -0.25) is 14.5 Å². The first kappa shape index (κ1) is 18.7. The summed E-state index contributed by atoms with van der Waals surface area (Å²) in [7, 11) is 1.61. The SMILES string of the molecule is COc1ccc2[nH]cc(CCNC(=O)CN3C(=O)N=C4C=CC=CC4C3=O)c2c1. The standard InChI is InChI=1S/C21H20N4O4/c1-29-14-6-7-17-16(10-14)13(11-23-17)8-9-22-19(26)12-25-20(27)15-4-2-3-5-18(15)24-21(25)28/h2-7,10-11,15,23H,8-9,12H2,1H3,(H,22,26). The number of aliphatic imine (C=N–C) groups is 1. The molecule has 0 bridgehead atoms. The third-order valence-corrected chi connectivity index (χ3v) is 4.98. The van der Waals surface area contributed by atoms with E-state index in [1.807, 2.05) is 24.4 Å². The van der Waals surface area contributed by atoms with Crippen molar-refractivity contribution in [2.45, 2.75) is 6.42 Å². The van der Waals surface area contributed by atoms with Crippen molar-refractivity contribution in [1.29, 1.82) is 0 Å². The van der Waals surface area contributed by atoms with Gasteiger partial charge in [-0.15, -0.1) is 0 Å². The molecule has 1 aliphatic carbocycles. The molecule has 0 radical (unpaired) electrons. The number of allylic oxidation sites excluding steroid dienone is 3. The molecule has 1 unspecified atom stereocenters. The van der Waals surface area contributed by atoms with Gasteiger partial charge < -0.3 is 15.0 Å². The normalized spacial score (nSPS) is 18.0. The van der Waals surface area contributed by atoms with E-state index in [9.17, 15) is 14.4 Å². The van der Waals surface area contributed by atoms with Gasteiger partial charge in [0.25, 0.3) is 0 Å². The summed E-state index contributed by atoms with van der Waals surface area (Å²) >= 11 is 0. The van der Waals surface area contributed by atoms with E-state index in [4.69, 9.17) is 4.74 Å². The number of fused-ring (bicyclic) bond motifs is 2. The predicted molar refractivity (Wildman–Crippen MR) is 108 cm³/mol. The highest BCUT2D eigenvalue weighted by Crippen LogP contribution is 2.24. The Labute approximate surface area is 166 Å². The average molecular weight is 392 g/mol. The van der Waals surface area contributed by atoms with Gasteiger partial charge >= 0.3 is 6.03 Å². The molecule has 0 spiro atoms. The maximum Gasteiger partial charge on any atom is 0.351 e. The maximum atomic E-state index is 12.5. The highest BCUT2D eigenvalue weighted by Gasteiger charge is 2.36. The zero-order valence-corrected chi connectivity index (χ0v) is 15.8. The monoisotopic (exact) mass is 392 g/mol. The van der Waals surface area contributed by atoms with E-state index in [1.54, 1.807) is 31.4 Å². The van der Waals surface area contributed by atoms with Crippen molar-refractivity contribution in [3.8, 4) is 5.75 Å². The minimum absolute atomic E-state index is 0.343. The molecule has 2 aromatic rings. The molecule has 148 valence electrons. The molecule has 8 heteroatoms. The third-order valence-electron chi connectivity index (χ3n) is 4.98. The summed E-state index contributed by atoms with van der Waals surface area (Å²) < 4.78 is 5.26. The first-order chi connectivity index (χ1) is 14.1. The van der Waals surface area contributed by atoms with E-state index in [0.29, 0.717) is 18.7 Å². The largest absolute Gasteiger partial charge is 0.497 e. The predicted octanol–water partition coefficient (Wildman–Crippen LogP) is 1.98. The van der Waals surface area contributed by atoms with Crippen LogP contribution in [0.1, 0.15) is 5.56 Å². The quantitative estimate of drug-likeness (QED) is 0.784. The van der Waals surface area contributed by atoms with Gasteiger partial charge in [0.1, 0.15) is 12.3 Å². The first-order valence-corrected chi connectivity index (χ1v) is 9.26. The van der Waals surface area contributed by atoms with Crippen LogP contribution in [0.5, 0.6) is 5.75 Å². The number of nitrogens with zero attached hydrogens (tertiary/aromatic N) is 2. The number of benzene rings is 1. The van der Waals surface area contributed by atoms with E-state index in [2.05, 4.69) is 15.3 Å². The lowest BCUT2D eigenvalue weighted by molar-refractivity contribution is -0.134. The van der Waals surface area contributed by atoms with Crippen LogP contribution in [-0.4, -0.2) is 53.6 Å². The van der Waals surface area contributed by atoms with Crippen molar-refractivity contribution in [1.82, 2.24) is 15.2 Å². The van der Waals surface area contributed by atoms with Gasteiger partial charge in [0.15, 0.2) is 0 Å². The summed E-state index contributed by atoms with van der Waals surface area (Å²) in [4.78, 5) is 44.9. The van der Waals surface area contributed by atoms with E-state index in [-0.39, 0.29) is 6.54 Å². The number of amides is 4. The fourth-order valence-corrected chi connectivity index (χ4v) is 3.45. The number of methoxy groups -OCH3 is 1. The molecule has 8 nitrogen and oxygen atoms in total. The molecule has 0 saturated carbocycles. The molecule has 4 rings (SSSR count). The smallest absolute Gasteiger partial charge is 0.351 e. The van der Waals surface area contributed by atoms with E-state index < -0.39 is 23.8 Å². The Hall–Kier alpha value is -3.68. The summed E-state index contributed by atoms with van der Waals surface area (Å²) in [5.74, 6) is -0.680. The Morgan fingerprint density at radius 3 is 3.00 bits per heavy atom. The number of carbonyl (C=O) groups is 3. The summed E-state index contributed by atoms with van der Waals surface area (Å²) in [5.41, 5.74) is 2.44. The van der Waals surface area contributed by atoms with Crippen molar-refractivity contribution in [3.05, 3.63) is 54.3 Å². The van der Waals surface area contributed by atoms with Crippen LogP contribution in [0.15, 0.2) is 53.7 Å². The van der Waals surface area contributed by atoms with Crippen LogP contribution in [0, 0.1) is 5.92 Å². The van der Waals surface area contributed by atoms with Gasteiger partial charge in [-0.2, -0.15) is 4.99 Å². The number of H-pyrrole nitrogens is 1. The fourth-order valence-electron chi connectivity index (χ4n) is 3.45. The zero-order chi connectivity index (χ0) is 20.4. The summed E-state index contributed by atoms with van der Waals surface area (Å²) in [6.07, 6.45) is 9.24. The zero-order valence-electron chi connectivity index (χ0n) is 15.8. The fraction of sp³-hybridized carbons (Fsp3) is 0.238. The van der Waals surface area contributed by atoms with Crippen LogP contribution in [0.2, 0.25) is 0 Å². The van der Waals surface area contributed by atoms with Gasteiger partial charge in [-0.1, -0.05) is 18.2 Å². The van der Waals surface area contributed by atoms with Crippen molar-refractivity contribution in [2.24, 2.45) is 10.9 Å². The molecule has 4 amide bonds. The Morgan fingerprint density at radius 2 is 2.17 bits per heavy atom. The minimum Gasteiger partial charge on any atom is -0.497 e. The van der Waals surface area contributed by atoms with Crippen molar-refractivity contribution < 1.29 is 19.1 Å². The molecule has 0 saturated heterocycles. The van der Waals surface area contributed by atoms with Gasteiger partial charge in [-0.25, -0.2) is 4.79 Å². The summed E-state index contributed by atoms with van der Waals surface area (Å²) in [6, 6.07) is 5.05. The van der Waals surface area contributed by atoms with Crippen LogP contribution in [0.25, 0.3) is 10.9 Å². The van der Waals surface area contributed by atoms with Gasteiger partial charge in [0.05, 0.1) is 18.7 Å². The Balaban J connectivity index is 1.35. The molecule has 1 aliphatic heterocycles. The van der Waals surface area contributed by atoms with Crippen molar-refractivity contribution in [2.75, 3.05) is 20.2 Å². The number of carbonyl (C=O) groups excluding carboxylic acids is 3. The molecule has 0 fully saturated rings. The van der Waals surface area contributed by atoms with Gasteiger partial charge in [0.2, 0.25) is 11.8 Å². The van der Waals surface area contributed by atoms with Crippen LogP contribution in [0.4, 0.5) is 4.79 Å². The van der Waals surface area contributed by atoms with E-state index >= 15 is 0 Å². The molecule has 2 heterocycles. The molecule has 2 N–H and O–H groups in total. The topological polar surface area (TPSA) is 104 Å². The van der Waals surface area contributed by atoms with Crippen LogP contribution < -0.4 is 10.1 Å². The number of aromatic amines is 1. The summed E-state index contributed by atoms with van der Waals surface area (Å²) in [5, 5.41) is 3.79. The Bertz CT molecular complexity index is 1080. The van der Waals surface area contributed by atoms with Crippen LogP contribution in [0.3, 0.4) is 0 Å². The van der Waals surface area contributed by atoms with Crippen molar-refractivity contribution >= 4 is 34.5 Å². The van der Waals surface area contributed by atoms with Crippen molar-refractivity contribution in [3.63, 3.8) is 0 Å². The Kier molecular flexibility index (Phi) is 4.99. The second kappa shape index (κ2) is 7.75. The number of hydrogen-bond acceptors (Lipinski definition) is 4. The number of nitrogens with one attached hydrogen (secondary N) is 2. The molecule has 1 atom stereocenters. The number of urea groups is 1. The first-order valence-electron chi connectivity index (χ1n) is 9.26. The number of hydrogen-bond donors (Lipinski definition) is 2. The second-order valence-corrected chi connectivity index (χ2v) is 6.79. The van der Waals surface area contributed by atoms with Crippen LogP contribution in [-0.2, 0) is 16.0 Å². The number of aromatic nitrogens is 1. The van der Waals surface area contributed by atoms with Gasteiger partial charge in [-0.05, 0) is 36.3 Å². The molecule has 2 aliphatic rings. The number of rotatable bonds is 6. The van der Waals surface area contributed by atoms with Gasteiger partial charge in [0, 0.05) is 23.6 Å². The lowest BCUT2D eigenvalue weighted by Crippen LogP contribution is -2.50. The third kappa shape index (κ3) is 3.69. The second-order valence-electron chi connectivity index (χ2n) is 6.79. The lowest BCUT2D eigenvalue weighted by atomic mass is 9.95. The summed E-state index contributed by atoms with van der Waals surface area (Å²) in [6.45, 7) is 0.0318. The molecular formula is C21H20N4O4. The minimum atomic E-state index is -0.708. The molecule has 1 aromatic heterocycles. The highest BCUT2D eigenvalue weighted by atomic mass is 16.5. The molecule has 29 heavy (non-hydrogen) atoms. The Morgan fingerprint density at radius 1 is 1.31 bits per heavy atom. The average Bonchev–Trinajstić information content (AvgIpc) is 3.13. The lowest BCUT2D eigenvalue weighted by Gasteiger charge is -2.27. The van der Waals surface area contributed by atoms with E-state index in [0.717, 1.165) is 27.1 Å². The highest BCUT2D eigenvalue weighted by molar-refractivity contribution is 6.22. The maximum absolute atomic E-state index is 12.5.